The van der Waals surface area contributed by atoms with Gasteiger partial charge in [0.25, 0.3) is 0 Å². The van der Waals surface area contributed by atoms with E-state index in [-0.39, 0.29) is 11.5 Å². The van der Waals surface area contributed by atoms with E-state index in [2.05, 4.69) is 43.2 Å². The summed E-state index contributed by atoms with van der Waals surface area (Å²) in [6.45, 7) is 15.2. The van der Waals surface area contributed by atoms with Crippen LogP contribution >= 0.6 is 11.3 Å². The number of rotatable bonds is 7. The number of thiazole rings is 1. The van der Waals surface area contributed by atoms with Crippen LogP contribution in [0.15, 0.2) is 29.8 Å². The number of ether oxygens (including phenoxy) is 2. The van der Waals surface area contributed by atoms with Crippen molar-refractivity contribution in [1.29, 1.82) is 0 Å². The van der Waals surface area contributed by atoms with Crippen LogP contribution < -0.4 is 5.32 Å². The molecule has 1 N–H and O–H groups in total. The Morgan fingerprint density at radius 1 is 1.14 bits per heavy atom. The highest BCUT2D eigenvalue weighted by Crippen LogP contribution is 2.28. The molecular formula is C23H34N2O3S. The third kappa shape index (κ3) is 8.15. The molecule has 0 saturated carbocycles. The van der Waals surface area contributed by atoms with Crippen LogP contribution in [0.3, 0.4) is 0 Å². The van der Waals surface area contributed by atoms with Crippen molar-refractivity contribution in [3.63, 3.8) is 0 Å². The lowest BCUT2D eigenvalue weighted by molar-refractivity contribution is 0.0421. The van der Waals surface area contributed by atoms with Gasteiger partial charge in [-0.2, -0.15) is 0 Å². The second-order valence-electron chi connectivity index (χ2n) is 9.47. The van der Waals surface area contributed by atoms with Crippen LogP contribution in [-0.4, -0.2) is 29.9 Å². The summed E-state index contributed by atoms with van der Waals surface area (Å²) >= 11 is 1.63. The lowest BCUT2D eigenvalue weighted by atomic mass is 9.93. The predicted octanol–water partition coefficient (Wildman–Crippen LogP) is 6.14. The molecule has 2 rings (SSSR count). The quantitative estimate of drug-likeness (QED) is 0.549. The zero-order valence-corrected chi connectivity index (χ0v) is 19.5. The molecule has 5 nitrogen and oxygen atoms in total. The Morgan fingerprint density at radius 3 is 2.31 bits per heavy atom. The second kappa shape index (κ2) is 9.72. The van der Waals surface area contributed by atoms with Crippen LogP contribution in [0.5, 0.6) is 0 Å². The molecule has 2 aromatic rings. The number of hydrogen-bond acceptors (Lipinski definition) is 5. The first-order valence-corrected chi connectivity index (χ1v) is 10.9. The molecular weight excluding hydrogens is 384 g/mol. The van der Waals surface area contributed by atoms with Crippen molar-refractivity contribution in [2.45, 2.75) is 66.5 Å². The third-order valence-corrected chi connectivity index (χ3v) is 5.27. The average Bonchev–Trinajstić information content (AvgIpc) is 3.01. The van der Waals surface area contributed by atoms with Gasteiger partial charge in [0.2, 0.25) is 0 Å². The molecule has 0 aliphatic rings. The SMILES string of the molecule is Cc1ncsc1-c1ccc([C@H](COCCC(C)(C)C)NC(=O)OC(C)(C)C)cc1. The molecule has 1 aromatic carbocycles. The lowest BCUT2D eigenvalue weighted by Gasteiger charge is -2.25. The Bertz CT molecular complexity index is 786. The van der Waals surface area contributed by atoms with Gasteiger partial charge in [0.1, 0.15) is 5.60 Å². The molecule has 1 heterocycles. The summed E-state index contributed by atoms with van der Waals surface area (Å²) in [6.07, 6.45) is 0.514. The van der Waals surface area contributed by atoms with Crippen LogP contribution in [0.2, 0.25) is 0 Å². The van der Waals surface area contributed by atoms with Crippen LogP contribution in [0, 0.1) is 12.3 Å². The van der Waals surface area contributed by atoms with Gasteiger partial charge in [-0.3, -0.25) is 0 Å². The van der Waals surface area contributed by atoms with E-state index in [0.717, 1.165) is 28.1 Å². The van der Waals surface area contributed by atoms with E-state index in [1.807, 2.05) is 45.3 Å². The van der Waals surface area contributed by atoms with E-state index in [0.29, 0.717) is 13.2 Å². The van der Waals surface area contributed by atoms with E-state index >= 15 is 0 Å². The normalized spacial score (nSPS) is 13.2. The number of nitrogens with one attached hydrogen (secondary N) is 1. The van der Waals surface area contributed by atoms with Crippen molar-refractivity contribution in [1.82, 2.24) is 10.3 Å². The van der Waals surface area contributed by atoms with E-state index in [1.54, 1.807) is 11.3 Å². The Hall–Kier alpha value is -1.92. The number of aromatic nitrogens is 1. The minimum absolute atomic E-state index is 0.211. The Balaban J connectivity index is 2.10. The third-order valence-electron chi connectivity index (χ3n) is 4.29. The fourth-order valence-electron chi connectivity index (χ4n) is 2.70. The van der Waals surface area contributed by atoms with Crippen molar-refractivity contribution in [2.75, 3.05) is 13.2 Å². The van der Waals surface area contributed by atoms with Crippen LogP contribution in [0.4, 0.5) is 4.79 Å². The highest BCUT2D eigenvalue weighted by Gasteiger charge is 2.21. The van der Waals surface area contributed by atoms with Gasteiger partial charge in [0.15, 0.2) is 0 Å². The first-order chi connectivity index (χ1) is 13.4. The minimum atomic E-state index is -0.546. The summed E-state index contributed by atoms with van der Waals surface area (Å²) in [5.74, 6) is 0. The van der Waals surface area contributed by atoms with E-state index < -0.39 is 11.7 Å². The summed E-state index contributed by atoms with van der Waals surface area (Å²) in [5.41, 5.74) is 4.65. The molecule has 0 radical (unpaired) electrons. The molecule has 160 valence electrons. The number of alkyl carbamates (subject to hydrolysis) is 1. The largest absolute Gasteiger partial charge is 0.444 e. The first-order valence-electron chi connectivity index (χ1n) is 10.0. The minimum Gasteiger partial charge on any atom is -0.444 e. The lowest BCUT2D eigenvalue weighted by Crippen LogP contribution is -2.36. The molecule has 29 heavy (non-hydrogen) atoms. The maximum absolute atomic E-state index is 12.3. The Labute approximate surface area is 178 Å². The summed E-state index contributed by atoms with van der Waals surface area (Å²) in [6, 6.07) is 7.91. The van der Waals surface area contributed by atoms with Gasteiger partial charge in [-0.1, -0.05) is 45.0 Å². The summed E-state index contributed by atoms with van der Waals surface area (Å²) < 4.78 is 11.3. The van der Waals surface area contributed by atoms with Gasteiger partial charge in [-0.15, -0.1) is 11.3 Å². The van der Waals surface area contributed by atoms with Crippen LogP contribution in [-0.2, 0) is 9.47 Å². The maximum atomic E-state index is 12.3. The monoisotopic (exact) mass is 418 g/mol. The zero-order chi connectivity index (χ0) is 21.7. The molecule has 1 amide bonds. The van der Waals surface area contributed by atoms with Gasteiger partial charge in [-0.25, -0.2) is 9.78 Å². The van der Waals surface area contributed by atoms with Gasteiger partial charge >= 0.3 is 6.09 Å². The molecule has 1 aromatic heterocycles. The van der Waals surface area contributed by atoms with Crippen molar-refractivity contribution < 1.29 is 14.3 Å². The number of amides is 1. The Kier molecular flexibility index (Phi) is 7.83. The fourth-order valence-corrected chi connectivity index (χ4v) is 3.51. The molecule has 0 unspecified atom stereocenters. The molecule has 1 atom stereocenters. The molecule has 0 fully saturated rings. The number of nitrogens with zero attached hydrogens (tertiary/aromatic N) is 1. The van der Waals surface area contributed by atoms with Crippen LogP contribution in [0.1, 0.15) is 65.3 Å². The number of carbonyl (C=O) groups is 1. The predicted molar refractivity (Wildman–Crippen MR) is 119 cm³/mol. The molecule has 0 aliphatic heterocycles. The molecule has 0 spiro atoms. The van der Waals surface area contributed by atoms with Crippen LogP contribution in [0.25, 0.3) is 10.4 Å². The number of benzene rings is 1. The van der Waals surface area contributed by atoms with Crippen molar-refractivity contribution >= 4 is 17.4 Å². The summed E-state index contributed by atoms with van der Waals surface area (Å²) in [4.78, 5) is 17.8. The van der Waals surface area contributed by atoms with Crippen molar-refractivity contribution in [2.24, 2.45) is 5.41 Å². The van der Waals surface area contributed by atoms with Gasteiger partial charge in [-0.05, 0) is 50.7 Å². The maximum Gasteiger partial charge on any atom is 0.408 e. The van der Waals surface area contributed by atoms with E-state index in [9.17, 15) is 4.79 Å². The average molecular weight is 419 g/mol. The highest BCUT2D eigenvalue weighted by atomic mass is 32.1. The molecule has 0 bridgehead atoms. The van der Waals surface area contributed by atoms with Gasteiger partial charge in [0.05, 0.1) is 28.7 Å². The van der Waals surface area contributed by atoms with E-state index in [1.165, 1.54) is 0 Å². The smallest absolute Gasteiger partial charge is 0.408 e. The molecule has 0 aliphatic carbocycles. The topological polar surface area (TPSA) is 60.5 Å². The van der Waals surface area contributed by atoms with E-state index in [4.69, 9.17) is 9.47 Å². The van der Waals surface area contributed by atoms with Gasteiger partial charge in [0, 0.05) is 6.61 Å². The van der Waals surface area contributed by atoms with Gasteiger partial charge < -0.3 is 14.8 Å². The Morgan fingerprint density at radius 2 is 1.79 bits per heavy atom. The molecule has 6 heteroatoms. The summed E-state index contributed by atoms with van der Waals surface area (Å²) in [7, 11) is 0. The number of carbonyl (C=O) groups excluding carboxylic acids is 1. The second-order valence-corrected chi connectivity index (χ2v) is 10.3. The van der Waals surface area contributed by atoms with Crippen molar-refractivity contribution in [3.05, 3.63) is 41.0 Å². The fraction of sp³-hybridized carbons (Fsp3) is 0.565. The number of aryl methyl sites for hydroxylation is 1. The highest BCUT2D eigenvalue weighted by molar-refractivity contribution is 7.13. The summed E-state index contributed by atoms with van der Waals surface area (Å²) in [5, 5.41) is 2.96. The molecule has 0 saturated heterocycles. The standard InChI is InChI=1S/C23H34N2O3S/c1-16-20(29-15-24-16)18-10-8-17(9-11-18)19(14-27-13-12-22(2,3)4)25-21(26)28-23(5,6)7/h8-11,15,19H,12-14H2,1-7H3,(H,25,26)/t19-/m0/s1. The number of hydrogen-bond donors (Lipinski definition) is 1. The first kappa shape index (κ1) is 23.4. The van der Waals surface area contributed by atoms with Crippen molar-refractivity contribution in [3.8, 4) is 10.4 Å². The zero-order valence-electron chi connectivity index (χ0n) is 18.7.